The maximum atomic E-state index is 12.3. The highest BCUT2D eigenvalue weighted by Crippen LogP contribution is 2.29. The van der Waals surface area contributed by atoms with Crippen molar-refractivity contribution in [3.63, 3.8) is 0 Å². The fourth-order valence-corrected chi connectivity index (χ4v) is 4.82. The van der Waals surface area contributed by atoms with E-state index in [1.54, 1.807) is 0 Å². The minimum atomic E-state index is -0.0736. The molecule has 0 aromatic heterocycles. The Labute approximate surface area is 222 Å². The topological polar surface area (TPSA) is 61.3 Å². The fourth-order valence-electron chi connectivity index (χ4n) is 4.82. The summed E-state index contributed by atoms with van der Waals surface area (Å²) in [5, 5.41) is 0. The molecule has 0 amide bonds. The predicted molar refractivity (Wildman–Crippen MR) is 156 cm³/mol. The van der Waals surface area contributed by atoms with E-state index in [1.807, 2.05) is 6.07 Å². The summed E-state index contributed by atoms with van der Waals surface area (Å²) in [6, 6.07) is 14.6. The first-order chi connectivity index (χ1) is 17.1. The Morgan fingerprint density at radius 2 is 1.14 bits per heavy atom. The van der Waals surface area contributed by atoms with E-state index in [-0.39, 0.29) is 12.1 Å². The van der Waals surface area contributed by atoms with Crippen LogP contribution in [0.3, 0.4) is 0 Å². The van der Waals surface area contributed by atoms with Crippen molar-refractivity contribution in [3.05, 3.63) is 59.2 Å². The van der Waals surface area contributed by atoms with Gasteiger partial charge in [-0.3, -0.25) is 4.79 Å². The molecule has 0 aliphatic rings. The van der Waals surface area contributed by atoms with E-state index >= 15 is 0 Å². The van der Waals surface area contributed by atoms with E-state index in [0.29, 0.717) is 13.0 Å². The number of hydrogen-bond acceptors (Lipinski definition) is 3. The first kappa shape index (κ1) is 31.9. The summed E-state index contributed by atoms with van der Waals surface area (Å²) in [6.07, 6.45) is 20.5. The number of ether oxygens (including phenoxy) is 1. The van der Waals surface area contributed by atoms with Crippen molar-refractivity contribution in [2.75, 3.05) is 0 Å². The van der Waals surface area contributed by atoms with E-state index in [9.17, 15) is 4.79 Å². The molecule has 3 N–H and O–H groups in total. The molecule has 0 radical (unpaired) electrons. The molecule has 0 aliphatic heterocycles. The number of carbonyl (C=O) groups excluding carboxylic acids is 1. The van der Waals surface area contributed by atoms with Crippen molar-refractivity contribution < 1.29 is 9.53 Å². The molecule has 0 fully saturated rings. The van der Waals surface area contributed by atoms with Gasteiger partial charge in [0.2, 0.25) is 0 Å². The number of carbonyl (C=O) groups is 1. The Hall–Kier alpha value is -2.13. The van der Waals surface area contributed by atoms with Gasteiger partial charge in [0.05, 0.1) is 0 Å². The standard InChI is InChI=1S/C33H50O2.H3N/c1-4-5-6-7-8-9-10-11-12-13-14-15-16-17-18-26-33(34)35-27-30-23-19-20-24-32(30)31-25-21-22-28(2)29(31)3;/h19-25H,4-18,26-27H2,1-3H3;1H3. The van der Waals surface area contributed by atoms with Gasteiger partial charge in [0.15, 0.2) is 0 Å². The Morgan fingerprint density at radius 1 is 0.639 bits per heavy atom. The van der Waals surface area contributed by atoms with Crippen LogP contribution in [0.25, 0.3) is 11.1 Å². The van der Waals surface area contributed by atoms with Gasteiger partial charge >= 0.3 is 5.97 Å². The largest absolute Gasteiger partial charge is 0.461 e. The summed E-state index contributed by atoms with van der Waals surface area (Å²) in [5.74, 6) is -0.0736. The Balaban J connectivity index is 0.00000648. The highest BCUT2D eigenvalue weighted by Gasteiger charge is 2.10. The molecule has 3 heteroatoms. The molecular weight excluding hydrogens is 442 g/mol. The van der Waals surface area contributed by atoms with Crippen LogP contribution in [-0.2, 0) is 16.1 Å². The van der Waals surface area contributed by atoms with Crippen LogP contribution >= 0.6 is 0 Å². The summed E-state index contributed by atoms with van der Waals surface area (Å²) in [5.41, 5.74) is 6.02. The summed E-state index contributed by atoms with van der Waals surface area (Å²) in [7, 11) is 0. The third kappa shape index (κ3) is 12.7. The minimum absolute atomic E-state index is 0. The number of esters is 1. The summed E-state index contributed by atoms with van der Waals surface area (Å²) < 4.78 is 5.64. The highest BCUT2D eigenvalue weighted by molar-refractivity contribution is 5.73. The second-order valence-corrected chi connectivity index (χ2v) is 10.3. The maximum Gasteiger partial charge on any atom is 0.306 e. The number of unbranched alkanes of at least 4 members (excludes halogenated alkanes) is 14. The van der Waals surface area contributed by atoms with Crippen molar-refractivity contribution in [1.82, 2.24) is 6.15 Å². The van der Waals surface area contributed by atoms with E-state index in [4.69, 9.17) is 4.74 Å². The van der Waals surface area contributed by atoms with E-state index < -0.39 is 0 Å². The van der Waals surface area contributed by atoms with Gasteiger partial charge in [-0.05, 0) is 48.1 Å². The van der Waals surface area contributed by atoms with Crippen LogP contribution in [0, 0.1) is 13.8 Å². The quantitative estimate of drug-likeness (QED) is 0.156. The average Bonchev–Trinajstić information content (AvgIpc) is 2.87. The molecule has 0 spiro atoms. The average molecular weight is 496 g/mol. The van der Waals surface area contributed by atoms with Crippen molar-refractivity contribution in [2.24, 2.45) is 0 Å². The highest BCUT2D eigenvalue weighted by atomic mass is 16.5. The number of rotatable bonds is 19. The monoisotopic (exact) mass is 495 g/mol. The first-order valence-electron chi connectivity index (χ1n) is 14.4. The molecular formula is C33H53NO2. The van der Waals surface area contributed by atoms with Gasteiger partial charge in [-0.1, -0.05) is 139 Å². The van der Waals surface area contributed by atoms with Gasteiger partial charge in [0.25, 0.3) is 0 Å². The number of aryl methyl sites for hydroxylation is 1. The predicted octanol–water partition coefficient (Wildman–Crippen LogP) is 10.4. The van der Waals surface area contributed by atoms with E-state index in [1.165, 1.54) is 100 Å². The Bertz CT molecular complexity index is 845. The maximum absolute atomic E-state index is 12.3. The SMILES string of the molecule is CCCCCCCCCCCCCCCCCC(=O)OCc1ccccc1-c1cccc(C)c1C.N. The summed E-state index contributed by atoms with van der Waals surface area (Å²) >= 11 is 0. The van der Waals surface area contributed by atoms with Gasteiger partial charge in [-0.15, -0.1) is 0 Å². The van der Waals surface area contributed by atoms with Crippen molar-refractivity contribution in [3.8, 4) is 11.1 Å². The lowest BCUT2D eigenvalue weighted by atomic mass is 9.94. The Morgan fingerprint density at radius 3 is 1.72 bits per heavy atom. The van der Waals surface area contributed by atoms with Crippen LogP contribution in [0.2, 0.25) is 0 Å². The van der Waals surface area contributed by atoms with Crippen molar-refractivity contribution in [2.45, 2.75) is 130 Å². The summed E-state index contributed by atoms with van der Waals surface area (Å²) in [4.78, 5) is 12.3. The normalized spacial score (nSPS) is 10.8. The first-order valence-corrected chi connectivity index (χ1v) is 14.4. The Kier molecular flexibility index (Phi) is 17.7. The molecule has 2 aromatic rings. The zero-order valence-electron chi connectivity index (χ0n) is 23.6. The number of benzene rings is 2. The van der Waals surface area contributed by atoms with Crippen LogP contribution < -0.4 is 6.15 Å². The van der Waals surface area contributed by atoms with Crippen molar-refractivity contribution in [1.29, 1.82) is 0 Å². The third-order valence-corrected chi connectivity index (χ3v) is 7.29. The minimum Gasteiger partial charge on any atom is -0.461 e. The molecule has 0 bridgehead atoms. The lowest BCUT2D eigenvalue weighted by Gasteiger charge is -2.14. The van der Waals surface area contributed by atoms with Crippen LogP contribution in [-0.4, -0.2) is 5.97 Å². The van der Waals surface area contributed by atoms with Crippen LogP contribution in [0.5, 0.6) is 0 Å². The van der Waals surface area contributed by atoms with Gasteiger partial charge in [-0.25, -0.2) is 0 Å². The molecule has 202 valence electrons. The smallest absolute Gasteiger partial charge is 0.306 e. The molecule has 0 heterocycles. The molecule has 0 saturated carbocycles. The van der Waals surface area contributed by atoms with Crippen LogP contribution in [0.4, 0.5) is 0 Å². The zero-order valence-corrected chi connectivity index (χ0v) is 23.6. The molecule has 0 saturated heterocycles. The molecule has 3 nitrogen and oxygen atoms in total. The fraction of sp³-hybridized carbons (Fsp3) is 0.606. The second kappa shape index (κ2) is 20.0. The molecule has 2 rings (SSSR count). The third-order valence-electron chi connectivity index (χ3n) is 7.29. The van der Waals surface area contributed by atoms with Gasteiger partial charge < -0.3 is 10.9 Å². The van der Waals surface area contributed by atoms with Crippen molar-refractivity contribution >= 4 is 5.97 Å². The molecule has 0 unspecified atom stereocenters. The zero-order chi connectivity index (χ0) is 25.1. The molecule has 0 aliphatic carbocycles. The molecule has 36 heavy (non-hydrogen) atoms. The lowest BCUT2D eigenvalue weighted by molar-refractivity contribution is -0.145. The van der Waals surface area contributed by atoms with Gasteiger partial charge in [0.1, 0.15) is 6.61 Å². The lowest BCUT2D eigenvalue weighted by Crippen LogP contribution is -2.05. The van der Waals surface area contributed by atoms with E-state index in [2.05, 4.69) is 57.2 Å². The van der Waals surface area contributed by atoms with Crippen LogP contribution in [0.15, 0.2) is 42.5 Å². The summed E-state index contributed by atoms with van der Waals surface area (Å²) in [6.45, 7) is 6.92. The molecule has 2 aromatic carbocycles. The van der Waals surface area contributed by atoms with E-state index in [0.717, 1.165) is 24.0 Å². The number of hydrogen-bond donors (Lipinski definition) is 1. The van der Waals surface area contributed by atoms with Gasteiger partial charge in [-0.2, -0.15) is 0 Å². The molecule has 0 atom stereocenters. The van der Waals surface area contributed by atoms with Gasteiger partial charge in [0, 0.05) is 6.42 Å². The second-order valence-electron chi connectivity index (χ2n) is 10.3. The van der Waals surface area contributed by atoms with Crippen LogP contribution in [0.1, 0.15) is 126 Å².